The summed E-state index contributed by atoms with van der Waals surface area (Å²) in [4.78, 5) is 14.0. The van der Waals surface area contributed by atoms with E-state index in [0.29, 0.717) is 11.3 Å². The second-order valence-electron chi connectivity index (χ2n) is 11.5. The second kappa shape index (κ2) is 12.3. The number of nitrogen functional groups attached to an aromatic ring is 1. The lowest BCUT2D eigenvalue weighted by atomic mass is 9.87. The van der Waals surface area contributed by atoms with Crippen molar-refractivity contribution in [3.63, 3.8) is 0 Å². The molecule has 1 atom stereocenters. The van der Waals surface area contributed by atoms with Gasteiger partial charge in [-0.15, -0.1) is 0 Å². The predicted octanol–water partition coefficient (Wildman–Crippen LogP) is 7.17. The number of likely N-dealkylation sites (tertiary alicyclic amines) is 1. The van der Waals surface area contributed by atoms with Gasteiger partial charge in [-0.2, -0.15) is 0 Å². The minimum Gasteiger partial charge on any atom is -0.399 e. The van der Waals surface area contributed by atoms with E-state index in [1.165, 1.54) is 52.9 Å². The molecule has 0 bridgehead atoms. The molecule has 1 aliphatic carbocycles. The van der Waals surface area contributed by atoms with Crippen LogP contribution in [-0.2, 0) is 11.2 Å². The van der Waals surface area contributed by atoms with Crippen LogP contribution in [0.1, 0.15) is 74.6 Å². The first kappa shape index (κ1) is 27.6. The van der Waals surface area contributed by atoms with E-state index in [-0.39, 0.29) is 0 Å². The molecule has 0 aromatic heterocycles. The maximum Gasteiger partial charge on any atom is 0.209 e. The van der Waals surface area contributed by atoms with Crippen LogP contribution in [-0.4, -0.2) is 31.4 Å². The van der Waals surface area contributed by atoms with Gasteiger partial charge in [-0.05, 0) is 91.8 Å². The highest BCUT2D eigenvalue weighted by Crippen LogP contribution is 2.45. The Kier molecular flexibility index (Phi) is 9.42. The molecule has 5 rings (SSSR count). The van der Waals surface area contributed by atoms with Crippen molar-refractivity contribution in [3.8, 4) is 0 Å². The normalized spacial score (nSPS) is 17.8. The fourth-order valence-corrected chi connectivity index (χ4v) is 5.02. The van der Waals surface area contributed by atoms with Crippen LogP contribution >= 0.6 is 0 Å². The Hall–Kier alpha value is -3.01. The van der Waals surface area contributed by atoms with Crippen LogP contribution in [0, 0.1) is 19.3 Å². The van der Waals surface area contributed by atoms with Gasteiger partial charge in [0.1, 0.15) is 0 Å². The van der Waals surface area contributed by atoms with Gasteiger partial charge in [-0.25, -0.2) is 0 Å². The van der Waals surface area contributed by atoms with Crippen LogP contribution in [0.3, 0.4) is 0 Å². The van der Waals surface area contributed by atoms with E-state index in [2.05, 4.69) is 101 Å². The third-order valence-corrected chi connectivity index (χ3v) is 7.35. The maximum atomic E-state index is 9.93. The topological polar surface area (TPSA) is 49.6 Å². The van der Waals surface area contributed by atoms with E-state index in [9.17, 15) is 4.79 Å². The summed E-state index contributed by atoms with van der Waals surface area (Å²) in [6.45, 7) is 13.0. The van der Waals surface area contributed by atoms with E-state index >= 15 is 0 Å². The lowest BCUT2D eigenvalue weighted by Gasteiger charge is -2.19. The van der Waals surface area contributed by atoms with Gasteiger partial charge in [0.25, 0.3) is 0 Å². The molecule has 4 heteroatoms. The molecule has 2 aliphatic heterocycles. The van der Waals surface area contributed by atoms with Crippen molar-refractivity contribution in [1.82, 2.24) is 4.90 Å². The molecule has 194 valence electrons. The molecule has 4 nitrogen and oxygen atoms in total. The summed E-state index contributed by atoms with van der Waals surface area (Å²) in [5, 5.41) is 0. The number of hydrogen-bond donors (Lipinski definition) is 1. The van der Waals surface area contributed by atoms with E-state index < -0.39 is 0 Å². The lowest BCUT2D eigenvalue weighted by molar-refractivity contribution is -0.117. The number of nitrogens with zero attached hydrogens (tertiary/aromatic N) is 2. The number of rotatable bonds is 3. The molecular formula is C32H45N3O. The number of anilines is 2. The Bertz CT molecular complexity index is 1090. The number of nitrogens with two attached hydrogens (primary N) is 1. The fraction of sp³-hybridized carbons (Fsp3) is 0.469. The number of para-hydroxylation sites is 1. The van der Waals surface area contributed by atoms with Crippen LogP contribution in [0.15, 0.2) is 60.3 Å². The van der Waals surface area contributed by atoms with Gasteiger partial charge >= 0.3 is 0 Å². The Labute approximate surface area is 218 Å². The molecular weight excluding hydrogens is 442 g/mol. The zero-order valence-electron chi connectivity index (χ0n) is 23.2. The summed E-state index contributed by atoms with van der Waals surface area (Å²) in [5.41, 5.74) is 15.5. The second-order valence-corrected chi connectivity index (χ2v) is 11.5. The summed E-state index contributed by atoms with van der Waals surface area (Å²) in [6, 6.07) is 13.0. The predicted molar refractivity (Wildman–Crippen MR) is 154 cm³/mol. The van der Waals surface area contributed by atoms with Gasteiger partial charge in [0.05, 0.1) is 0 Å². The highest BCUT2D eigenvalue weighted by atomic mass is 16.1. The summed E-state index contributed by atoms with van der Waals surface area (Å²) in [7, 11) is 2.16. The zero-order valence-corrected chi connectivity index (χ0v) is 23.2. The highest BCUT2D eigenvalue weighted by molar-refractivity contribution is 5.68. The summed E-state index contributed by atoms with van der Waals surface area (Å²) < 4.78 is 0. The van der Waals surface area contributed by atoms with Crippen LogP contribution in [0.4, 0.5) is 11.4 Å². The molecule has 1 amide bonds. The largest absolute Gasteiger partial charge is 0.399 e. The number of likely N-dealkylation sites (N-methyl/N-ethyl adjacent to an activating group) is 1. The van der Waals surface area contributed by atoms with Crippen molar-refractivity contribution < 1.29 is 4.79 Å². The molecule has 2 N–H and O–H groups in total. The molecule has 1 saturated heterocycles. The number of aryl methyl sites for hydroxylation is 3. The summed E-state index contributed by atoms with van der Waals surface area (Å²) >= 11 is 0. The van der Waals surface area contributed by atoms with Crippen molar-refractivity contribution in [1.29, 1.82) is 0 Å². The molecule has 2 aromatic carbocycles. The lowest BCUT2D eigenvalue weighted by Crippen LogP contribution is -2.15. The molecule has 0 saturated carbocycles. The Morgan fingerprint density at radius 3 is 2.39 bits per heavy atom. The van der Waals surface area contributed by atoms with E-state index in [1.54, 1.807) is 4.90 Å². The van der Waals surface area contributed by atoms with Crippen LogP contribution in [0.2, 0.25) is 0 Å². The van der Waals surface area contributed by atoms with Gasteiger partial charge < -0.3 is 15.5 Å². The van der Waals surface area contributed by atoms with Crippen molar-refractivity contribution in [3.05, 3.63) is 82.6 Å². The Balaban J connectivity index is 0.000000160. The van der Waals surface area contributed by atoms with Gasteiger partial charge in [0, 0.05) is 43.1 Å². The van der Waals surface area contributed by atoms with Gasteiger partial charge in [-0.3, -0.25) is 4.79 Å². The minimum absolute atomic E-state index is 0.395. The first-order valence-corrected chi connectivity index (χ1v) is 13.3. The quantitative estimate of drug-likeness (QED) is 0.369. The Morgan fingerprint density at radius 1 is 1.06 bits per heavy atom. The molecule has 2 heterocycles. The molecule has 0 radical (unpaired) electrons. The standard InChI is InChI=1S/C14H23N.C13H13N.C5H9NO/c1-10-8-11(2)13(15)9-12(10)6-7-14(3,4)5;1-14-12-8-4-2-6-10(12)11-7-3-5-9-13(11)14;7-5-6-3-1-2-4-6/h8-9H,6-7,15H2,1-5H3;2-6,8-9,11H,7H2,1H3;5H,1-4H2. The molecule has 36 heavy (non-hydrogen) atoms. The summed E-state index contributed by atoms with van der Waals surface area (Å²) in [6.07, 6.45) is 13.4. The smallest absolute Gasteiger partial charge is 0.209 e. The molecule has 0 spiro atoms. The van der Waals surface area contributed by atoms with E-state index in [1.807, 2.05) is 0 Å². The van der Waals surface area contributed by atoms with Gasteiger partial charge in [0.15, 0.2) is 0 Å². The van der Waals surface area contributed by atoms with Crippen LogP contribution in [0.5, 0.6) is 0 Å². The number of fused-ring (bicyclic) bond motifs is 3. The van der Waals surface area contributed by atoms with Crippen molar-refractivity contribution in [2.24, 2.45) is 5.41 Å². The minimum atomic E-state index is 0.395. The number of amides is 1. The van der Waals surface area contributed by atoms with Gasteiger partial charge in [-0.1, -0.05) is 57.2 Å². The van der Waals surface area contributed by atoms with E-state index in [0.717, 1.165) is 38.0 Å². The fourth-order valence-electron chi connectivity index (χ4n) is 5.02. The monoisotopic (exact) mass is 487 g/mol. The maximum absolute atomic E-state index is 9.93. The Morgan fingerprint density at radius 2 is 1.75 bits per heavy atom. The van der Waals surface area contributed by atoms with Crippen molar-refractivity contribution in [2.75, 3.05) is 30.8 Å². The number of carbonyl (C=O) groups is 1. The number of carbonyl (C=O) groups excluding carboxylic acids is 1. The first-order valence-electron chi connectivity index (χ1n) is 13.3. The number of hydrogen-bond acceptors (Lipinski definition) is 3. The zero-order chi connectivity index (χ0) is 26.3. The van der Waals surface area contributed by atoms with Gasteiger partial charge in [0.2, 0.25) is 6.41 Å². The molecule has 1 unspecified atom stereocenters. The SMILES string of the molecule is CN1C2=CC=CCC2c2ccccc21.Cc1cc(C)c(CCC(C)(C)C)cc1N.O=CN1CCCC1. The summed E-state index contributed by atoms with van der Waals surface area (Å²) in [5.74, 6) is 0.598. The third-order valence-electron chi connectivity index (χ3n) is 7.35. The molecule has 3 aliphatic rings. The van der Waals surface area contributed by atoms with Crippen molar-refractivity contribution in [2.45, 2.75) is 72.6 Å². The number of allylic oxidation sites excluding steroid dienone is 4. The third kappa shape index (κ3) is 7.25. The van der Waals surface area contributed by atoms with Crippen LogP contribution in [0.25, 0.3) is 0 Å². The number of benzene rings is 2. The van der Waals surface area contributed by atoms with E-state index in [4.69, 9.17) is 5.73 Å². The molecule has 2 aromatic rings. The average molecular weight is 488 g/mol. The average Bonchev–Trinajstić information content (AvgIpc) is 3.48. The molecule has 1 fully saturated rings. The first-order chi connectivity index (χ1) is 17.1. The van der Waals surface area contributed by atoms with Crippen molar-refractivity contribution >= 4 is 17.8 Å². The highest BCUT2D eigenvalue weighted by Gasteiger charge is 2.30. The van der Waals surface area contributed by atoms with Crippen LogP contribution < -0.4 is 10.6 Å².